The molecule has 0 saturated carbocycles. The van der Waals surface area contributed by atoms with E-state index in [0.717, 1.165) is 0 Å². The Hall–Kier alpha value is -1.08. The molecule has 0 aliphatic carbocycles. The van der Waals surface area contributed by atoms with Crippen LogP contribution in [0.2, 0.25) is 0 Å². The van der Waals surface area contributed by atoms with Gasteiger partial charge in [0.25, 0.3) is 5.91 Å². The molecule has 0 spiro atoms. The number of aryl methyl sites for hydroxylation is 1. The molecule has 0 heterocycles. The maximum absolute atomic E-state index is 10.8. The molecule has 0 saturated heterocycles. The van der Waals surface area contributed by atoms with Gasteiger partial charge in [-0.1, -0.05) is 17.7 Å². The van der Waals surface area contributed by atoms with Gasteiger partial charge < -0.3 is 9.82 Å². The third-order valence-electron chi connectivity index (χ3n) is 1.55. The summed E-state index contributed by atoms with van der Waals surface area (Å²) in [4.78, 5) is 10.8. The van der Waals surface area contributed by atoms with Gasteiger partial charge >= 0.3 is 0 Å². The van der Waals surface area contributed by atoms with Gasteiger partial charge in [-0.05, 0) is 28.4 Å². The molecule has 1 aromatic rings. The average molecular weight is 197 g/mol. The summed E-state index contributed by atoms with van der Waals surface area (Å²) in [7, 11) is 2.13. The maximum atomic E-state index is 10.8. The minimum atomic E-state index is -0.162. The monoisotopic (exact) mass is 197 g/mol. The summed E-state index contributed by atoms with van der Waals surface area (Å²) in [6.45, 7) is 2.05. The van der Waals surface area contributed by atoms with Crippen LogP contribution in [0, 0.1) is 6.92 Å². The summed E-state index contributed by atoms with van der Waals surface area (Å²) in [6.07, 6.45) is 0. The maximum Gasteiger partial charge on any atom is 0.260 e. The Morgan fingerprint density at radius 3 is 2.62 bits per heavy atom. The second-order valence-corrected chi connectivity index (χ2v) is 2.96. The first kappa shape index (κ1) is 10.0. The molecule has 70 valence electrons. The van der Waals surface area contributed by atoms with Crippen LogP contribution in [0.15, 0.2) is 24.3 Å². The first-order chi connectivity index (χ1) is 6.22. The van der Waals surface area contributed by atoms with Crippen molar-refractivity contribution in [3.63, 3.8) is 0 Å². The Balaban J connectivity index is 2.46. The third kappa shape index (κ3) is 3.43. The van der Waals surface area contributed by atoms with Crippen LogP contribution in [-0.4, -0.2) is 12.5 Å². The van der Waals surface area contributed by atoms with Crippen LogP contribution in [-0.2, 0) is 4.79 Å². The van der Waals surface area contributed by atoms with E-state index in [2.05, 4.69) is 14.5 Å². The van der Waals surface area contributed by atoms with Crippen molar-refractivity contribution >= 4 is 15.3 Å². The normalized spacial score (nSPS) is 9.38. The van der Waals surface area contributed by atoms with E-state index in [0.29, 0.717) is 5.75 Å². The molecule has 4 heteroatoms. The topological polar surface area (TPSA) is 38.3 Å². The van der Waals surface area contributed by atoms with E-state index in [4.69, 9.17) is 4.74 Å². The fraction of sp³-hybridized carbons (Fsp3) is 0.222. The molecule has 0 radical (unpaired) electrons. The van der Waals surface area contributed by atoms with Crippen LogP contribution in [0.4, 0.5) is 0 Å². The summed E-state index contributed by atoms with van der Waals surface area (Å²) in [5.74, 6) is 0.546. The number of ether oxygens (including phenoxy) is 1. The number of benzene rings is 1. The molecule has 3 nitrogen and oxygen atoms in total. The van der Waals surface area contributed by atoms with Gasteiger partial charge in [-0.15, -0.1) is 0 Å². The molecular weight excluding hydrogens is 185 g/mol. The van der Waals surface area contributed by atoms with E-state index in [-0.39, 0.29) is 12.5 Å². The lowest BCUT2D eigenvalue weighted by atomic mass is 10.2. The standard InChI is InChI=1S/C9H12NO2P/c1-7-2-4-8(5-3-7)12-6-9(11)10-13/h2-5H,6,13H2,1H3,(H,10,11). The number of carbonyl (C=O) groups excluding carboxylic acids is 1. The van der Waals surface area contributed by atoms with Crippen molar-refractivity contribution in [1.82, 2.24) is 5.09 Å². The van der Waals surface area contributed by atoms with Gasteiger partial charge in [0.2, 0.25) is 0 Å². The molecule has 1 rings (SSSR count). The molecular formula is C9H12NO2P. The molecule has 13 heavy (non-hydrogen) atoms. The Labute approximate surface area is 79.7 Å². The van der Waals surface area contributed by atoms with Gasteiger partial charge in [-0.2, -0.15) is 0 Å². The SMILES string of the molecule is Cc1ccc(OCC(=O)NP)cc1. The van der Waals surface area contributed by atoms with Gasteiger partial charge in [-0.3, -0.25) is 4.79 Å². The lowest BCUT2D eigenvalue weighted by Crippen LogP contribution is -2.20. The summed E-state index contributed by atoms with van der Waals surface area (Å²) in [5, 5.41) is 2.40. The molecule has 0 fully saturated rings. The van der Waals surface area contributed by atoms with Gasteiger partial charge in [0.15, 0.2) is 6.61 Å². The molecule has 0 aliphatic rings. The first-order valence-electron chi connectivity index (χ1n) is 3.91. The van der Waals surface area contributed by atoms with Crippen LogP contribution in [0.3, 0.4) is 0 Å². The highest BCUT2D eigenvalue weighted by Gasteiger charge is 1.98. The van der Waals surface area contributed by atoms with Gasteiger partial charge in [0.05, 0.1) is 0 Å². The van der Waals surface area contributed by atoms with Crippen molar-refractivity contribution < 1.29 is 9.53 Å². The summed E-state index contributed by atoms with van der Waals surface area (Å²) in [5.41, 5.74) is 1.17. The predicted molar refractivity (Wildman–Crippen MR) is 54.5 cm³/mol. The van der Waals surface area contributed by atoms with Gasteiger partial charge in [0.1, 0.15) is 5.75 Å². The number of amides is 1. The quantitative estimate of drug-likeness (QED) is 0.741. The lowest BCUT2D eigenvalue weighted by Gasteiger charge is -2.04. The molecule has 1 amide bonds. The number of rotatable bonds is 3. The van der Waals surface area contributed by atoms with E-state index < -0.39 is 0 Å². The lowest BCUT2D eigenvalue weighted by molar-refractivity contribution is -0.121. The summed E-state index contributed by atoms with van der Waals surface area (Å²) >= 11 is 0. The van der Waals surface area contributed by atoms with Gasteiger partial charge in [0, 0.05) is 0 Å². The Kier molecular flexibility index (Phi) is 3.71. The van der Waals surface area contributed by atoms with E-state index in [1.807, 2.05) is 31.2 Å². The highest BCUT2D eigenvalue weighted by atomic mass is 31.0. The number of carbonyl (C=O) groups is 1. The highest BCUT2D eigenvalue weighted by Crippen LogP contribution is 2.10. The van der Waals surface area contributed by atoms with Crippen LogP contribution >= 0.6 is 9.39 Å². The summed E-state index contributed by atoms with van der Waals surface area (Å²) < 4.78 is 5.19. The van der Waals surface area contributed by atoms with Crippen LogP contribution < -0.4 is 9.82 Å². The van der Waals surface area contributed by atoms with Gasteiger partial charge in [-0.25, -0.2) is 0 Å². The van der Waals surface area contributed by atoms with Crippen molar-refractivity contribution in [2.45, 2.75) is 6.92 Å². The first-order valence-corrected chi connectivity index (χ1v) is 4.49. The molecule has 1 unspecified atom stereocenters. The fourth-order valence-electron chi connectivity index (χ4n) is 0.825. The molecule has 1 N–H and O–H groups in total. The zero-order valence-electron chi connectivity index (χ0n) is 7.41. The van der Waals surface area contributed by atoms with Crippen molar-refractivity contribution in [3.8, 4) is 5.75 Å². The van der Waals surface area contributed by atoms with E-state index >= 15 is 0 Å². The second-order valence-electron chi connectivity index (χ2n) is 2.67. The summed E-state index contributed by atoms with van der Waals surface area (Å²) in [6, 6.07) is 7.55. The van der Waals surface area contributed by atoms with Crippen LogP contribution in [0.5, 0.6) is 5.75 Å². The Morgan fingerprint density at radius 1 is 1.46 bits per heavy atom. The number of hydrogen-bond donors (Lipinski definition) is 1. The molecule has 0 aromatic heterocycles. The number of nitrogens with one attached hydrogen (secondary N) is 1. The zero-order valence-corrected chi connectivity index (χ0v) is 8.57. The molecule has 1 atom stereocenters. The Morgan fingerprint density at radius 2 is 2.08 bits per heavy atom. The van der Waals surface area contributed by atoms with Crippen molar-refractivity contribution in [2.75, 3.05) is 6.61 Å². The van der Waals surface area contributed by atoms with E-state index in [9.17, 15) is 4.79 Å². The van der Waals surface area contributed by atoms with Crippen molar-refractivity contribution in [3.05, 3.63) is 29.8 Å². The third-order valence-corrected chi connectivity index (χ3v) is 1.87. The van der Waals surface area contributed by atoms with E-state index in [1.165, 1.54) is 5.56 Å². The smallest absolute Gasteiger partial charge is 0.260 e. The minimum absolute atomic E-state index is 0.0482. The van der Waals surface area contributed by atoms with Crippen LogP contribution in [0.25, 0.3) is 0 Å². The largest absolute Gasteiger partial charge is 0.484 e. The predicted octanol–water partition coefficient (Wildman–Crippen LogP) is 1.28. The highest BCUT2D eigenvalue weighted by molar-refractivity contribution is 7.15. The van der Waals surface area contributed by atoms with Crippen LogP contribution in [0.1, 0.15) is 5.56 Å². The van der Waals surface area contributed by atoms with E-state index in [1.54, 1.807) is 0 Å². The Bertz CT molecular complexity index is 284. The molecule has 0 aliphatic heterocycles. The van der Waals surface area contributed by atoms with Crippen molar-refractivity contribution in [2.24, 2.45) is 0 Å². The zero-order chi connectivity index (χ0) is 9.68. The fourth-order valence-corrected chi connectivity index (χ4v) is 0.908. The average Bonchev–Trinajstić information content (AvgIpc) is 2.16. The molecule has 0 bridgehead atoms. The second kappa shape index (κ2) is 4.83. The molecule has 1 aromatic carbocycles. The minimum Gasteiger partial charge on any atom is -0.484 e. The van der Waals surface area contributed by atoms with Crippen molar-refractivity contribution in [1.29, 1.82) is 0 Å². The number of hydrogen-bond acceptors (Lipinski definition) is 2.